The van der Waals surface area contributed by atoms with Crippen molar-refractivity contribution in [2.45, 2.75) is 0 Å². The number of halogens is 2. The smallest absolute Gasteiger partial charge is 0.257 e. The maximum absolute atomic E-state index is 12.5. The number of para-hydroxylation sites is 2. The highest BCUT2D eigenvalue weighted by atomic mass is 35.5. The minimum atomic E-state index is -0.320. The van der Waals surface area contributed by atoms with E-state index in [0.717, 1.165) is 22.4 Å². The lowest BCUT2D eigenvalue weighted by molar-refractivity contribution is 0.102. The summed E-state index contributed by atoms with van der Waals surface area (Å²) in [6, 6.07) is 20.2. The minimum absolute atomic E-state index is 0.236. The maximum Gasteiger partial charge on any atom is 0.257 e. The molecule has 0 saturated carbocycles. The number of nitrogens with zero attached hydrogens (tertiary/aromatic N) is 1. The summed E-state index contributed by atoms with van der Waals surface area (Å²) in [5.41, 5.74) is 3.69. The van der Waals surface area contributed by atoms with Crippen molar-refractivity contribution >= 4 is 45.8 Å². The summed E-state index contributed by atoms with van der Waals surface area (Å²) in [5, 5.41) is 3.43. The van der Waals surface area contributed by atoms with E-state index < -0.39 is 0 Å². The molecule has 0 bridgehead atoms. The molecule has 2 N–H and O–H groups in total. The molecule has 0 unspecified atom stereocenters. The summed E-state index contributed by atoms with van der Waals surface area (Å²) < 4.78 is 0. The molecule has 4 aromatic rings. The monoisotopic (exact) mass is 381 g/mol. The molecule has 1 aromatic heterocycles. The number of H-pyrrole nitrogens is 1. The van der Waals surface area contributed by atoms with Crippen molar-refractivity contribution in [3.63, 3.8) is 0 Å². The van der Waals surface area contributed by atoms with Crippen molar-refractivity contribution in [2.24, 2.45) is 0 Å². The Kier molecular flexibility index (Phi) is 4.37. The van der Waals surface area contributed by atoms with Crippen LogP contribution in [0.15, 0.2) is 66.7 Å². The van der Waals surface area contributed by atoms with E-state index in [2.05, 4.69) is 15.3 Å². The number of carbonyl (C=O) groups excluding carboxylic acids is 1. The van der Waals surface area contributed by atoms with Crippen molar-refractivity contribution in [3.05, 3.63) is 82.3 Å². The molecule has 4 nitrogen and oxygen atoms in total. The lowest BCUT2D eigenvalue weighted by Gasteiger charge is -2.08. The number of carbonyl (C=O) groups is 1. The molecule has 0 aliphatic rings. The molecule has 1 amide bonds. The topological polar surface area (TPSA) is 57.8 Å². The van der Waals surface area contributed by atoms with Crippen molar-refractivity contribution in [1.29, 1.82) is 0 Å². The number of rotatable bonds is 3. The first kappa shape index (κ1) is 16.6. The van der Waals surface area contributed by atoms with Crippen LogP contribution in [-0.2, 0) is 0 Å². The number of fused-ring (bicyclic) bond motifs is 1. The van der Waals surface area contributed by atoms with Gasteiger partial charge in [0.05, 0.1) is 26.6 Å². The van der Waals surface area contributed by atoms with Crippen LogP contribution in [-0.4, -0.2) is 15.9 Å². The van der Waals surface area contributed by atoms with E-state index in [1.54, 1.807) is 18.2 Å². The zero-order valence-electron chi connectivity index (χ0n) is 13.5. The van der Waals surface area contributed by atoms with Gasteiger partial charge in [0.2, 0.25) is 0 Å². The molecule has 0 saturated heterocycles. The fourth-order valence-electron chi connectivity index (χ4n) is 2.71. The van der Waals surface area contributed by atoms with Crippen LogP contribution in [0, 0.1) is 0 Å². The van der Waals surface area contributed by atoms with Crippen LogP contribution in [0.2, 0.25) is 10.0 Å². The van der Waals surface area contributed by atoms with Gasteiger partial charge in [0.15, 0.2) is 0 Å². The molecule has 128 valence electrons. The first-order valence-electron chi connectivity index (χ1n) is 7.92. The van der Waals surface area contributed by atoms with Crippen molar-refractivity contribution in [1.82, 2.24) is 9.97 Å². The average molecular weight is 382 g/mol. The molecule has 0 atom stereocenters. The van der Waals surface area contributed by atoms with Crippen LogP contribution < -0.4 is 5.32 Å². The van der Waals surface area contributed by atoms with Gasteiger partial charge in [-0.1, -0.05) is 53.5 Å². The lowest BCUT2D eigenvalue weighted by atomic mass is 10.1. The van der Waals surface area contributed by atoms with Gasteiger partial charge in [0.25, 0.3) is 5.91 Å². The molecular weight excluding hydrogens is 369 g/mol. The third kappa shape index (κ3) is 3.17. The van der Waals surface area contributed by atoms with Crippen LogP contribution in [0.25, 0.3) is 22.4 Å². The Bertz CT molecular complexity index is 1090. The standard InChI is InChI=1S/C20H13Cl2N3O/c21-15-8-4-7-14(18(15)22)20(26)23-13-6-3-5-12(11-13)19-24-16-9-1-2-10-17(16)25-19/h1-11H,(H,23,26)(H,24,25). The first-order valence-corrected chi connectivity index (χ1v) is 8.68. The Balaban J connectivity index is 1.63. The molecule has 1 heterocycles. The van der Waals surface area contributed by atoms with Crippen LogP contribution in [0.3, 0.4) is 0 Å². The predicted molar refractivity (Wildman–Crippen MR) is 106 cm³/mol. The second-order valence-electron chi connectivity index (χ2n) is 5.74. The van der Waals surface area contributed by atoms with Gasteiger partial charge >= 0.3 is 0 Å². The Morgan fingerprint density at radius 1 is 0.962 bits per heavy atom. The number of benzene rings is 3. The normalized spacial score (nSPS) is 10.8. The van der Waals surface area contributed by atoms with E-state index in [0.29, 0.717) is 16.3 Å². The van der Waals surface area contributed by atoms with Gasteiger partial charge in [-0.2, -0.15) is 0 Å². The minimum Gasteiger partial charge on any atom is -0.338 e. The summed E-state index contributed by atoms with van der Waals surface area (Å²) in [4.78, 5) is 20.4. The molecule has 0 fully saturated rings. The number of amides is 1. The van der Waals surface area contributed by atoms with Crippen LogP contribution >= 0.6 is 23.2 Å². The Labute approximate surface area is 159 Å². The summed E-state index contributed by atoms with van der Waals surface area (Å²) in [6.45, 7) is 0. The molecular formula is C20H13Cl2N3O. The molecule has 3 aromatic carbocycles. The maximum atomic E-state index is 12.5. The molecule has 0 radical (unpaired) electrons. The van der Waals surface area contributed by atoms with E-state index in [-0.39, 0.29) is 10.9 Å². The Hall–Kier alpha value is -2.82. The number of imidazole rings is 1. The summed E-state index contributed by atoms with van der Waals surface area (Å²) in [7, 11) is 0. The third-order valence-corrected chi connectivity index (χ3v) is 4.80. The largest absolute Gasteiger partial charge is 0.338 e. The zero-order valence-corrected chi connectivity index (χ0v) is 15.0. The van der Waals surface area contributed by atoms with Gasteiger partial charge < -0.3 is 10.3 Å². The van der Waals surface area contributed by atoms with Crippen LogP contribution in [0.5, 0.6) is 0 Å². The highest BCUT2D eigenvalue weighted by Gasteiger charge is 2.13. The predicted octanol–water partition coefficient (Wildman–Crippen LogP) is 5.79. The molecule has 26 heavy (non-hydrogen) atoms. The Morgan fingerprint density at radius 3 is 2.62 bits per heavy atom. The van der Waals surface area contributed by atoms with Crippen molar-refractivity contribution in [3.8, 4) is 11.4 Å². The fraction of sp³-hybridized carbons (Fsp3) is 0. The van der Waals surface area contributed by atoms with E-state index >= 15 is 0 Å². The number of anilines is 1. The number of hydrogen-bond donors (Lipinski definition) is 2. The first-order chi connectivity index (χ1) is 12.6. The second kappa shape index (κ2) is 6.83. The van der Waals surface area contributed by atoms with Crippen LogP contribution in [0.1, 0.15) is 10.4 Å². The fourth-order valence-corrected chi connectivity index (χ4v) is 3.10. The quantitative estimate of drug-likeness (QED) is 0.471. The number of nitrogens with one attached hydrogen (secondary N) is 2. The van der Waals surface area contributed by atoms with E-state index in [1.165, 1.54) is 0 Å². The molecule has 0 spiro atoms. The van der Waals surface area contributed by atoms with Gasteiger partial charge in [-0.15, -0.1) is 0 Å². The highest BCUT2D eigenvalue weighted by Crippen LogP contribution is 2.27. The lowest BCUT2D eigenvalue weighted by Crippen LogP contribution is -2.12. The molecule has 4 rings (SSSR count). The van der Waals surface area contributed by atoms with E-state index in [9.17, 15) is 4.79 Å². The number of aromatic nitrogens is 2. The third-order valence-electron chi connectivity index (χ3n) is 3.98. The zero-order chi connectivity index (χ0) is 18.1. The van der Waals surface area contributed by atoms with Gasteiger partial charge in [-0.25, -0.2) is 4.98 Å². The second-order valence-corrected chi connectivity index (χ2v) is 6.52. The molecule has 6 heteroatoms. The average Bonchev–Trinajstić information content (AvgIpc) is 3.08. The summed E-state index contributed by atoms with van der Waals surface area (Å²) in [6.07, 6.45) is 0. The van der Waals surface area contributed by atoms with Gasteiger partial charge in [0, 0.05) is 11.3 Å². The van der Waals surface area contributed by atoms with Crippen molar-refractivity contribution < 1.29 is 4.79 Å². The van der Waals surface area contributed by atoms with Crippen LogP contribution in [0.4, 0.5) is 5.69 Å². The van der Waals surface area contributed by atoms with E-state index in [1.807, 2.05) is 48.5 Å². The summed E-state index contributed by atoms with van der Waals surface area (Å²) in [5.74, 6) is 0.419. The summed E-state index contributed by atoms with van der Waals surface area (Å²) >= 11 is 12.1. The number of aromatic amines is 1. The Morgan fingerprint density at radius 2 is 1.77 bits per heavy atom. The number of hydrogen-bond acceptors (Lipinski definition) is 2. The highest BCUT2D eigenvalue weighted by molar-refractivity contribution is 6.44. The molecule has 0 aliphatic heterocycles. The van der Waals surface area contributed by atoms with E-state index in [4.69, 9.17) is 23.2 Å². The van der Waals surface area contributed by atoms with Crippen molar-refractivity contribution in [2.75, 3.05) is 5.32 Å². The molecule has 0 aliphatic carbocycles. The SMILES string of the molecule is O=C(Nc1cccc(-c2nc3ccccc3[nH]2)c1)c1cccc(Cl)c1Cl. The van der Waals surface area contributed by atoms with Gasteiger partial charge in [0.1, 0.15) is 5.82 Å². The van der Waals surface area contributed by atoms with Gasteiger partial charge in [-0.05, 0) is 36.4 Å². The van der Waals surface area contributed by atoms with Gasteiger partial charge in [-0.3, -0.25) is 4.79 Å².